The van der Waals surface area contributed by atoms with E-state index in [9.17, 15) is 4.79 Å². The van der Waals surface area contributed by atoms with Gasteiger partial charge in [0.1, 0.15) is 23.2 Å². The third-order valence-corrected chi connectivity index (χ3v) is 7.80. The zero-order chi connectivity index (χ0) is 25.2. The summed E-state index contributed by atoms with van der Waals surface area (Å²) in [7, 11) is 2.03. The second-order valence-corrected chi connectivity index (χ2v) is 11.2. The fourth-order valence-electron chi connectivity index (χ4n) is 5.17. The summed E-state index contributed by atoms with van der Waals surface area (Å²) in [6.45, 7) is 9.80. The third kappa shape index (κ3) is 3.86. The van der Waals surface area contributed by atoms with Gasteiger partial charge in [-0.05, 0) is 65.2 Å². The van der Waals surface area contributed by atoms with Crippen LogP contribution in [-0.2, 0) is 25.0 Å². The molecule has 0 unspecified atom stereocenters. The number of aryl methyl sites for hydroxylation is 1. The minimum absolute atomic E-state index is 0.0325. The largest absolute Gasteiger partial charge is 0.357 e. The van der Waals surface area contributed by atoms with Gasteiger partial charge >= 0.3 is 0 Å². The highest BCUT2D eigenvalue weighted by molar-refractivity contribution is 6.10. The maximum absolute atomic E-state index is 13.7. The molecule has 0 saturated heterocycles. The van der Waals surface area contributed by atoms with Crippen LogP contribution in [-0.4, -0.2) is 49.8 Å². The average molecular weight is 487 g/mol. The van der Waals surface area contributed by atoms with E-state index in [0.29, 0.717) is 24.9 Å². The van der Waals surface area contributed by atoms with Crippen LogP contribution in [0, 0.1) is 0 Å². The summed E-state index contributed by atoms with van der Waals surface area (Å²) in [5.41, 5.74) is 3.34. The Morgan fingerprint density at radius 1 is 1.19 bits per heavy atom. The van der Waals surface area contributed by atoms with Gasteiger partial charge in [-0.3, -0.25) is 9.69 Å². The van der Waals surface area contributed by atoms with E-state index in [1.807, 2.05) is 31.3 Å². The normalized spacial score (nSPS) is 18.2. The lowest BCUT2D eigenvalue weighted by atomic mass is 10.0. The van der Waals surface area contributed by atoms with Crippen LogP contribution in [0.25, 0.3) is 11.5 Å². The molecule has 3 aliphatic rings. The van der Waals surface area contributed by atoms with Crippen LogP contribution in [0.1, 0.15) is 74.4 Å². The molecule has 2 aliphatic heterocycles. The molecule has 6 rings (SSSR count). The lowest BCUT2D eigenvalue weighted by Gasteiger charge is -2.24. The van der Waals surface area contributed by atoms with E-state index in [1.54, 1.807) is 4.90 Å². The van der Waals surface area contributed by atoms with Gasteiger partial charge in [-0.1, -0.05) is 6.07 Å². The van der Waals surface area contributed by atoms with E-state index in [-0.39, 0.29) is 17.5 Å². The van der Waals surface area contributed by atoms with E-state index in [0.717, 1.165) is 52.8 Å². The number of rotatable bonds is 7. The van der Waals surface area contributed by atoms with Gasteiger partial charge in [-0.25, -0.2) is 9.97 Å². The number of nitrogens with zero attached hydrogens (tertiary/aromatic N) is 7. The Balaban J connectivity index is 1.35. The molecular weight excluding hydrogens is 452 g/mol. The number of aromatic nitrogens is 5. The molecular formula is C27H34N8O. The summed E-state index contributed by atoms with van der Waals surface area (Å²) in [5, 5.41) is 12.5. The number of carbonyl (C=O) groups is 1. The number of fused-ring (bicyclic) bond motifs is 2. The number of nitrogens with one attached hydrogen (secondary N) is 1. The van der Waals surface area contributed by atoms with Crippen LogP contribution in [0.2, 0.25) is 0 Å². The number of hydrogen-bond acceptors (Lipinski definition) is 7. The Kier molecular flexibility index (Phi) is 5.37. The molecule has 5 heterocycles. The van der Waals surface area contributed by atoms with Crippen LogP contribution in [0.4, 0.5) is 11.6 Å². The van der Waals surface area contributed by atoms with Crippen molar-refractivity contribution in [1.29, 1.82) is 0 Å². The summed E-state index contributed by atoms with van der Waals surface area (Å²) < 4.78 is 2.19. The Bertz CT molecular complexity index is 1340. The predicted molar refractivity (Wildman–Crippen MR) is 139 cm³/mol. The summed E-state index contributed by atoms with van der Waals surface area (Å²) in [6.07, 6.45) is 4.36. The Morgan fingerprint density at radius 2 is 2.00 bits per heavy atom. The predicted octanol–water partition coefficient (Wildman–Crippen LogP) is 3.67. The van der Waals surface area contributed by atoms with Gasteiger partial charge in [0, 0.05) is 43.2 Å². The van der Waals surface area contributed by atoms with Gasteiger partial charge in [-0.15, -0.1) is 10.2 Å². The fourth-order valence-corrected chi connectivity index (χ4v) is 5.17. The third-order valence-electron chi connectivity index (χ3n) is 7.80. The van der Waals surface area contributed by atoms with Crippen molar-refractivity contribution < 1.29 is 4.79 Å². The molecule has 0 atom stereocenters. The van der Waals surface area contributed by atoms with Gasteiger partial charge in [-0.2, -0.15) is 0 Å². The molecule has 1 saturated carbocycles. The zero-order valence-corrected chi connectivity index (χ0v) is 21.7. The zero-order valence-electron chi connectivity index (χ0n) is 21.7. The van der Waals surface area contributed by atoms with Crippen molar-refractivity contribution in [3.63, 3.8) is 0 Å². The van der Waals surface area contributed by atoms with Crippen LogP contribution in [0.5, 0.6) is 0 Å². The molecule has 1 fully saturated rings. The number of pyridine rings is 2. The van der Waals surface area contributed by atoms with Crippen molar-refractivity contribution in [2.75, 3.05) is 16.8 Å². The standard InChI is InChI=1S/C27H34N8O/c1-16(2)33(5)24-13-18-19(21(30-24)14-28-17-9-10-17)15-34(26(18)36)22-8-6-7-20(29-22)25-32-31-23-11-12-27(3,4)35(23)25/h6-8,13,16-17,28H,9-12,14-15H2,1-5H3. The quantitative estimate of drug-likeness (QED) is 0.545. The van der Waals surface area contributed by atoms with Crippen LogP contribution in [0.15, 0.2) is 24.3 Å². The topological polar surface area (TPSA) is 92.1 Å². The molecule has 1 amide bonds. The molecule has 3 aromatic heterocycles. The molecule has 1 N–H and O–H groups in total. The van der Waals surface area contributed by atoms with E-state index in [4.69, 9.17) is 9.97 Å². The summed E-state index contributed by atoms with van der Waals surface area (Å²) in [4.78, 5) is 27.5. The molecule has 36 heavy (non-hydrogen) atoms. The second-order valence-electron chi connectivity index (χ2n) is 11.2. The van der Waals surface area contributed by atoms with Crippen LogP contribution < -0.4 is 15.1 Å². The van der Waals surface area contributed by atoms with Crippen LogP contribution in [0.3, 0.4) is 0 Å². The molecule has 3 aromatic rings. The van der Waals surface area contributed by atoms with Crippen molar-refractivity contribution in [1.82, 2.24) is 30.0 Å². The molecule has 9 heteroatoms. The second kappa shape index (κ2) is 8.37. The average Bonchev–Trinajstić information content (AvgIpc) is 3.37. The first-order chi connectivity index (χ1) is 17.2. The first-order valence-electron chi connectivity index (χ1n) is 13.0. The van der Waals surface area contributed by atoms with Gasteiger partial charge in [0.25, 0.3) is 5.91 Å². The molecule has 0 bridgehead atoms. The SMILES string of the molecule is CC(C)N(C)c1cc2c(c(CNC3CC3)n1)CN(c1cccc(-c3nnc4n3C(C)(C)CC4)n1)C2=O. The molecule has 188 valence electrons. The minimum Gasteiger partial charge on any atom is -0.357 e. The Hall–Kier alpha value is -3.33. The molecule has 1 aliphatic carbocycles. The van der Waals surface area contributed by atoms with Crippen molar-refractivity contribution in [2.24, 2.45) is 0 Å². The maximum Gasteiger partial charge on any atom is 0.260 e. The lowest BCUT2D eigenvalue weighted by Crippen LogP contribution is -2.28. The monoisotopic (exact) mass is 486 g/mol. The van der Waals surface area contributed by atoms with E-state index >= 15 is 0 Å². The molecule has 0 spiro atoms. The highest BCUT2D eigenvalue weighted by Gasteiger charge is 2.36. The summed E-state index contributed by atoms with van der Waals surface area (Å²) in [5.74, 6) is 3.18. The highest BCUT2D eigenvalue weighted by atomic mass is 16.2. The van der Waals surface area contributed by atoms with Gasteiger partial charge < -0.3 is 14.8 Å². The number of hydrogen-bond donors (Lipinski definition) is 1. The first kappa shape index (κ1) is 23.1. The van der Waals surface area contributed by atoms with Crippen molar-refractivity contribution in [2.45, 2.75) is 84.1 Å². The summed E-state index contributed by atoms with van der Waals surface area (Å²) >= 11 is 0. The molecule has 0 radical (unpaired) electrons. The maximum atomic E-state index is 13.7. The molecule has 0 aromatic carbocycles. The highest BCUT2D eigenvalue weighted by Crippen LogP contribution is 2.36. The lowest BCUT2D eigenvalue weighted by molar-refractivity contribution is 0.0996. The fraction of sp³-hybridized carbons (Fsp3) is 0.519. The number of anilines is 2. The van der Waals surface area contributed by atoms with Crippen molar-refractivity contribution in [3.05, 3.63) is 46.9 Å². The van der Waals surface area contributed by atoms with Crippen LogP contribution >= 0.6 is 0 Å². The van der Waals surface area contributed by atoms with Crippen molar-refractivity contribution in [3.8, 4) is 11.5 Å². The smallest absolute Gasteiger partial charge is 0.260 e. The van der Waals surface area contributed by atoms with Gasteiger partial charge in [0.15, 0.2) is 5.82 Å². The Labute approximate surface area is 211 Å². The van der Waals surface area contributed by atoms with Gasteiger partial charge in [0.05, 0.1) is 17.8 Å². The van der Waals surface area contributed by atoms with Gasteiger partial charge in [0.2, 0.25) is 0 Å². The van der Waals surface area contributed by atoms with E-state index in [1.165, 1.54) is 12.8 Å². The van der Waals surface area contributed by atoms with E-state index < -0.39 is 0 Å². The number of amides is 1. The first-order valence-corrected chi connectivity index (χ1v) is 13.0. The van der Waals surface area contributed by atoms with E-state index in [2.05, 4.69) is 52.7 Å². The minimum atomic E-state index is -0.0560. The summed E-state index contributed by atoms with van der Waals surface area (Å²) in [6, 6.07) is 8.58. The Morgan fingerprint density at radius 3 is 2.75 bits per heavy atom. The number of carbonyl (C=O) groups excluding carboxylic acids is 1. The van der Waals surface area contributed by atoms with Crippen molar-refractivity contribution >= 4 is 17.5 Å². The molecule has 9 nitrogen and oxygen atoms in total.